The maximum atomic E-state index is 12.4. The van der Waals surface area contributed by atoms with E-state index in [0.717, 1.165) is 25.9 Å². The second-order valence-electron chi connectivity index (χ2n) is 5.32. The van der Waals surface area contributed by atoms with Crippen LogP contribution in [-0.4, -0.2) is 60.0 Å². The summed E-state index contributed by atoms with van der Waals surface area (Å²) in [5, 5.41) is 6.26. The number of aromatic amines is 1. The summed E-state index contributed by atoms with van der Waals surface area (Å²) in [6.45, 7) is 6.25. The highest BCUT2D eigenvalue weighted by Crippen LogP contribution is 2.22. The van der Waals surface area contributed by atoms with Gasteiger partial charge in [0.1, 0.15) is 4.90 Å². The van der Waals surface area contributed by atoms with E-state index in [4.69, 9.17) is 0 Å². The highest BCUT2D eigenvalue weighted by atomic mass is 32.2. The quantitative estimate of drug-likeness (QED) is 0.893. The summed E-state index contributed by atoms with van der Waals surface area (Å²) in [6.07, 6.45) is 4.54. The van der Waals surface area contributed by atoms with E-state index in [0.29, 0.717) is 6.04 Å². The van der Waals surface area contributed by atoms with Gasteiger partial charge in [0.25, 0.3) is 0 Å². The Morgan fingerprint density at radius 1 is 1.42 bits per heavy atom. The van der Waals surface area contributed by atoms with E-state index in [1.165, 1.54) is 16.7 Å². The van der Waals surface area contributed by atoms with Crippen LogP contribution in [0.5, 0.6) is 0 Å². The van der Waals surface area contributed by atoms with E-state index in [9.17, 15) is 8.42 Å². The summed E-state index contributed by atoms with van der Waals surface area (Å²) in [6, 6.07) is 0.603. The Morgan fingerprint density at radius 2 is 2.05 bits per heavy atom. The summed E-state index contributed by atoms with van der Waals surface area (Å²) in [4.78, 5) is 2.62. The Hall–Kier alpha value is -0.920. The molecule has 1 fully saturated rings. The van der Waals surface area contributed by atoms with Crippen molar-refractivity contribution in [1.82, 2.24) is 19.4 Å². The van der Waals surface area contributed by atoms with Crippen LogP contribution in [0.4, 0.5) is 0 Å². The number of likely N-dealkylation sites (tertiary alicyclic amines) is 1. The van der Waals surface area contributed by atoms with Crippen molar-refractivity contribution < 1.29 is 8.42 Å². The maximum absolute atomic E-state index is 12.4. The third-order valence-corrected chi connectivity index (χ3v) is 5.77. The van der Waals surface area contributed by atoms with Crippen molar-refractivity contribution in [1.29, 1.82) is 0 Å². The van der Waals surface area contributed by atoms with Crippen molar-refractivity contribution >= 4 is 10.0 Å². The summed E-state index contributed by atoms with van der Waals surface area (Å²) in [5.41, 5.74) is 0. The van der Waals surface area contributed by atoms with Gasteiger partial charge in [-0.1, -0.05) is 0 Å². The molecule has 19 heavy (non-hydrogen) atoms. The smallest absolute Gasteiger partial charge is 0.246 e. The van der Waals surface area contributed by atoms with Crippen molar-refractivity contribution in [3.8, 4) is 0 Å². The molecule has 1 aromatic heterocycles. The molecule has 108 valence electrons. The number of hydrogen-bond donors (Lipinski definition) is 1. The molecule has 7 heteroatoms. The molecule has 1 aliphatic heterocycles. The first-order valence-electron chi connectivity index (χ1n) is 6.64. The topological polar surface area (TPSA) is 69.3 Å². The zero-order chi connectivity index (χ0) is 14.0. The van der Waals surface area contributed by atoms with E-state index in [1.54, 1.807) is 7.05 Å². The number of hydrogen-bond acceptors (Lipinski definition) is 4. The molecule has 0 spiro atoms. The molecule has 0 aromatic carbocycles. The van der Waals surface area contributed by atoms with Gasteiger partial charge in [-0.2, -0.15) is 9.40 Å². The predicted octanol–water partition coefficient (Wildman–Crippen LogP) is 0.903. The fourth-order valence-corrected chi connectivity index (χ4v) is 3.83. The van der Waals surface area contributed by atoms with Crippen LogP contribution in [-0.2, 0) is 10.0 Å². The third kappa shape index (κ3) is 2.98. The molecule has 0 radical (unpaired) electrons. The first-order valence-corrected chi connectivity index (χ1v) is 8.08. The van der Waals surface area contributed by atoms with Gasteiger partial charge in [0.2, 0.25) is 10.0 Å². The lowest BCUT2D eigenvalue weighted by Crippen LogP contribution is -2.47. The molecule has 1 aromatic rings. The number of piperidine rings is 1. The van der Waals surface area contributed by atoms with Gasteiger partial charge in [0, 0.05) is 25.3 Å². The second-order valence-corrected chi connectivity index (χ2v) is 7.31. The van der Waals surface area contributed by atoms with E-state index < -0.39 is 10.0 Å². The van der Waals surface area contributed by atoms with Gasteiger partial charge in [0.15, 0.2) is 0 Å². The highest BCUT2D eigenvalue weighted by Gasteiger charge is 2.31. The number of nitrogens with one attached hydrogen (secondary N) is 1. The van der Waals surface area contributed by atoms with Crippen LogP contribution in [0.2, 0.25) is 0 Å². The zero-order valence-corrected chi connectivity index (χ0v) is 12.5. The van der Waals surface area contributed by atoms with Gasteiger partial charge in [0.05, 0.1) is 6.20 Å². The Balaban J connectivity index is 2.04. The number of rotatable bonds is 4. The average molecular weight is 286 g/mol. The minimum atomic E-state index is -3.41. The molecule has 2 rings (SSSR count). The lowest BCUT2D eigenvalue weighted by Gasteiger charge is -2.37. The molecule has 0 atom stereocenters. The second kappa shape index (κ2) is 5.60. The van der Waals surface area contributed by atoms with Crippen molar-refractivity contribution in [2.24, 2.45) is 0 Å². The molecule has 6 nitrogen and oxygen atoms in total. The minimum Gasteiger partial charge on any atom is -0.301 e. The molecule has 1 saturated heterocycles. The first kappa shape index (κ1) is 14.5. The average Bonchev–Trinajstić information content (AvgIpc) is 2.92. The van der Waals surface area contributed by atoms with Gasteiger partial charge in [-0.3, -0.25) is 5.10 Å². The Bertz CT molecular complexity index is 490. The van der Waals surface area contributed by atoms with Crippen LogP contribution in [0.25, 0.3) is 0 Å². The Morgan fingerprint density at radius 3 is 2.53 bits per heavy atom. The summed E-state index contributed by atoms with van der Waals surface area (Å²) < 4.78 is 26.2. The maximum Gasteiger partial charge on any atom is 0.246 e. The van der Waals surface area contributed by atoms with Crippen LogP contribution in [0.15, 0.2) is 17.3 Å². The fraction of sp³-hybridized carbons (Fsp3) is 0.750. The molecule has 2 heterocycles. The van der Waals surface area contributed by atoms with Crippen LogP contribution < -0.4 is 0 Å². The standard InChI is InChI=1S/C12H22N4O2S/c1-10(2)16-6-4-11(5-7-16)15(3)19(17,18)12-8-13-14-9-12/h8-11H,4-7H2,1-3H3,(H,13,14). The van der Waals surface area contributed by atoms with Gasteiger partial charge in [-0.15, -0.1) is 0 Å². The van der Waals surface area contributed by atoms with Crippen molar-refractivity contribution in [2.75, 3.05) is 20.1 Å². The molecule has 1 aliphatic rings. The molecule has 0 bridgehead atoms. The molecule has 0 amide bonds. The lowest BCUT2D eigenvalue weighted by atomic mass is 10.0. The Labute approximate surface area is 114 Å². The largest absolute Gasteiger partial charge is 0.301 e. The number of sulfonamides is 1. The lowest BCUT2D eigenvalue weighted by molar-refractivity contribution is 0.140. The van der Waals surface area contributed by atoms with Crippen molar-refractivity contribution in [3.05, 3.63) is 12.4 Å². The van der Waals surface area contributed by atoms with Crippen LogP contribution >= 0.6 is 0 Å². The van der Waals surface area contributed by atoms with E-state index in [2.05, 4.69) is 28.9 Å². The van der Waals surface area contributed by atoms with Gasteiger partial charge < -0.3 is 4.90 Å². The van der Waals surface area contributed by atoms with Gasteiger partial charge in [-0.25, -0.2) is 8.42 Å². The SMILES string of the molecule is CC(C)N1CCC(N(C)S(=O)(=O)c2cn[nH]c2)CC1. The number of aromatic nitrogens is 2. The number of H-pyrrole nitrogens is 1. The van der Waals surface area contributed by atoms with E-state index >= 15 is 0 Å². The number of nitrogens with zero attached hydrogens (tertiary/aromatic N) is 3. The normalized spacial score (nSPS) is 19.4. The Kier molecular flexibility index (Phi) is 4.27. The highest BCUT2D eigenvalue weighted by molar-refractivity contribution is 7.89. The van der Waals surface area contributed by atoms with Crippen LogP contribution in [0.3, 0.4) is 0 Å². The molecule has 1 N–H and O–H groups in total. The van der Waals surface area contributed by atoms with Crippen LogP contribution in [0, 0.1) is 0 Å². The first-order chi connectivity index (χ1) is 8.93. The van der Waals surface area contributed by atoms with Gasteiger partial charge in [-0.05, 0) is 39.8 Å². The molecule has 0 aliphatic carbocycles. The van der Waals surface area contributed by atoms with Crippen molar-refractivity contribution in [3.63, 3.8) is 0 Å². The fourth-order valence-electron chi connectivity index (χ4n) is 2.51. The monoisotopic (exact) mass is 286 g/mol. The van der Waals surface area contributed by atoms with E-state index in [1.807, 2.05) is 0 Å². The zero-order valence-electron chi connectivity index (χ0n) is 11.7. The summed E-state index contributed by atoms with van der Waals surface area (Å²) >= 11 is 0. The van der Waals surface area contributed by atoms with Gasteiger partial charge >= 0.3 is 0 Å². The molecular formula is C12H22N4O2S. The third-order valence-electron chi connectivity index (χ3n) is 3.89. The van der Waals surface area contributed by atoms with Crippen molar-refractivity contribution in [2.45, 2.75) is 43.7 Å². The summed E-state index contributed by atoms with van der Waals surface area (Å²) in [7, 11) is -1.75. The van der Waals surface area contributed by atoms with Crippen LogP contribution in [0.1, 0.15) is 26.7 Å². The predicted molar refractivity (Wildman–Crippen MR) is 73.3 cm³/mol. The van der Waals surface area contributed by atoms with E-state index in [-0.39, 0.29) is 10.9 Å². The molecule has 0 saturated carbocycles. The minimum absolute atomic E-state index is 0.0786. The summed E-state index contributed by atoms with van der Waals surface area (Å²) in [5.74, 6) is 0. The molecular weight excluding hydrogens is 264 g/mol. The molecule has 0 unspecified atom stereocenters.